The molecule has 0 aromatic carbocycles. The molecule has 1 unspecified atom stereocenters. The van der Waals surface area contributed by atoms with Crippen molar-refractivity contribution in [2.24, 2.45) is 0 Å². The Morgan fingerprint density at radius 3 is 1.22 bits per heavy atom. The van der Waals surface area contributed by atoms with Crippen LogP contribution >= 0.6 is 0 Å². The highest BCUT2D eigenvalue weighted by molar-refractivity contribution is 5.15. The van der Waals surface area contributed by atoms with Crippen molar-refractivity contribution in [2.45, 2.75) is 60.2 Å². The van der Waals surface area contributed by atoms with E-state index in [1.54, 1.807) is 0 Å². The van der Waals surface area contributed by atoms with E-state index in [1.165, 1.54) is 0 Å². The highest BCUT2D eigenvalue weighted by Crippen LogP contribution is 2.64. The van der Waals surface area contributed by atoms with Gasteiger partial charge in [0.1, 0.15) is 6.61 Å². The van der Waals surface area contributed by atoms with E-state index < -0.39 is 66.8 Å². The molecule has 1 atom stereocenters. The first-order valence-electron chi connectivity index (χ1n) is 7.32. The minimum absolute atomic E-state index is 0.367. The molecule has 19 heteroatoms. The second-order valence-electron chi connectivity index (χ2n) is 6.01. The van der Waals surface area contributed by atoms with Crippen LogP contribution in [0.3, 0.4) is 0 Å². The van der Waals surface area contributed by atoms with E-state index in [1.807, 2.05) is 0 Å². The summed E-state index contributed by atoms with van der Waals surface area (Å²) >= 11 is 0. The molecule has 0 saturated heterocycles. The van der Waals surface area contributed by atoms with Gasteiger partial charge in [-0.3, -0.25) is 0 Å². The minimum atomic E-state index is -8.67. The summed E-state index contributed by atoms with van der Waals surface area (Å²) in [5.74, 6) is -56.9. The number of hydrogen-bond donors (Lipinski definition) is 1. The molecule has 32 heavy (non-hydrogen) atoms. The predicted molar refractivity (Wildman–Crippen MR) is 67.5 cm³/mol. The van der Waals surface area contributed by atoms with Gasteiger partial charge in [0.15, 0.2) is 0 Å². The molecular formula is C13H9F17O2. The van der Waals surface area contributed by atoms with E-state index in [4.69, 9.17) is 5.11 Å². The van der Waals surface area contributed by atoms with Gasteiger partial charge in [0.25, 0.3) is 0 Å². The van der Waals surface area contributed by atoms with Crippen LogP contribution in [0, 0.1) is 0 Å². The number of rotatable bonds is 11. The average Bonchev–Trinajstić information content (AvgIpc) is 2.57. The number of aliphatic hydroxyl groups excluding tert-OH is 1. The van der Waals surface area contributed by atoms with Gasteiger partial charge in [0.2, 0.25) is 0 Å². The minimum Gasteiger partial charge on any atom is -0.499 e. The monoisotopic (exact) mass is 520 g/mol. The topological polar surface area (TPSA) is 29.5 Å². The van der Waals surface area contributed by atoms with Crippen LogP contribution in [-0.4, -0.2) is 65.5 Å². The number of hydrogen-bond acceptors (Lipinski definition) is 2. The smallest absolute Gasteiger partial charge is 0.460 e. The molecule has 0 radical (unpaired) electrons. The maximum atomic E-state index is 13.5. The number of alkyl halides is 17. The van der Waals surface area contributed by atoms with Crippen molar-refractivity contribution in [3.63, 3.8) is 0 Å². The third-order valence-corrected chi connectivity index (χ3v) is 3.69. The lowest BCUT2D eigenvalue weighted by molar-refractivity contribution is -0.462. The Balaban J connectivity index is 6.50. The molecule has 192 valence electrons. The molecule has 0 aliphatic carbocycles. The van der Waals surface area contributed by atoms with Crippen LogP contribution in [0.2, 0.25) is 0 Å². The first-order chi connectivity index (χ1) is 13.7. The Morgan fingerprint density at radius 2 is 0.906 bits per heavy atom. The first-order valence-corrected chi connectivity index (χ1v) is 7.32. The highest BCUT2D eigenvalue weighted by Gasteiger charge is 2.95. The van der Waals surface area contributed by atoms with Crippen molar-refractivity contribution in [3.05, 3.63) is 12.8 Å². The van der Waals surface area contributed by atoms with Gasteiger partial charge in [-0.2, -0.15) is 74.6 Å². The quantitative estimate of drug-likeness (QED) is 0.272. The summed E-state index contributed by atoms with van der Waals surface area (Å²) in [5, 5.41) is 8.92. The summed E-state index contributed by atoms with van der Waals surface area (Å²) in [7, 11) is 0. The van der Waals surface area contributed by atoms with Gasteiger partial charge >= 0.3 is 47.6 Å². The molecule has 0 aliphatic rings. The first kappa shape index (κ1) is 30.3. The van der Waals surface area contributed by atoms with Crippen molar-refractivity contribution < 1.29 is 84.5 Å². The third kappa shape index (κ3) is 4.27. The third-order valence-electron chi connectivity index (χ3n) is 3.69. The summed E-state index contributed by atoms with van der Waals surface area (Å²) in [4.78, 5) is 0. The van der Waals surface area contributed by atoms with E-state index in [2.05, 4.69) is 11.3 Å². The van der Waals surface area contributed by atoms with Gasteiger partial charge in [-0.1, -0.05) is 6.58 Å². The zero-order valence-corrected chi connectivity index (χ0v) is 14.6. The molecule has 0 saturated carbocycles. The molecule has 0 fully saturated rings. The normalized spacial score (nSPS) is 16.7. The molecule has 0 aromatic heterocycles. The van der Waals surface area contributed by atoms with Gasteiger partial charge in [-0.05, 0) is 0 Å². The van der Waals surface area contributed by atoms with Crippen molar-refractivity contribution in [1.82, 2.24) is 0 Å². The van der Waals surface area contributed by atoms with Crippen molar-refractivity contribution in [2.75, 3.05) is 6.61 Å². The number of halogens is 17. The Hall–Kier alpha value is -1.69. The second kappa shape index (κ2) is 8.27. The molecule has 0 spiro atoms. The molecule has 0 aromatic rings. The lowest BCUT2D eigenvalue weighted by atomic mass is 9.88. The molecule has 1 N–H and O–H groups in total. The molecule has 0 heterocycles. The fourth-order valence-corrected chi connectivity index (χ4v) is 1.86. The average molecular weight is 520 g/mol. The van der Waals surface area contributed by atoms with Gasteiger partial charge in [-0.25, -0.2) is 0 Å². The van der Waals surface area contributed by atoms with Crippen LogP contribution in [0.15, 0.2) is 12.8 Å². The zero-order valence-electron chi connectivity index (χ0n) is 14.6. The SMILES string of the molecule is C=COCC(O)CC(F)(F)C(F)(F)C(F)(F)C(F)(F)C(F)(F)C(F)(F)C(F)(F)C(F)(F)F. The van der Waals surface area contributed by atoms with E-state index >= 15 is 0 Å². The summed E-state index contributed by atoms with van der Waals surface area (Å²) in [6.07, 6.45) is -13.3. The van der Waals surface area contributed by atoms with Crippen molar-refractivity contribution in [1.29, 1.82) is 0 Å². The van der Waals surface area contributed by atoms with Gasteiger partial charge < -0.3 is 9.84 Å². The maximum absolute atomic E-state index is 13.5. The van der Waals surface area contributed by atoms with Crippen LogP contribution in [0.5, 0.6) is 0 Å². The van der Waals surface area contributed by atoms with Gasteiger partial charge in [-0.15, -0.1) is 0 Å². The van der Waals surface area contributed by atoms with Crippen LogP contribution in [0.25, 0.3) is 0 Å². The fraction of sp³-hybridized carbons (Fsp3) is 0.846. The molecule has 2 nitrogen and oxygen atoms in total. The van der Waals surface area contributed by atoms with E-state index in [-0.39, 0.29) is 0 Å². The highest BCUT2D eigenvalue weighted by atomic mass is 19.4. The van der Waals surface area contributed by atoms with Crippen LogP contribution in [0.4, 0.5) is 74.6 Å². The lowest BCUT2D eigenvalue weighted by Crippen LogP contribution is -2.74. The van der Waals surface area contributed by atoms with E-state index in [0.717, 1.165) is 0 Å². The van der Waals surface area contributed by atoms with E-state index in [9.17, 15) is 74.6 Å². The van der Waals surface area contributed by atoms with Crippen LogP contribution in [0.1, 0.15) is 6.42 Å². The van der Waals surface area contributed by atoms with Crippen LogP contribution in [-0.2, 0) is 4.74 Å². The molecule has 0 aliphatic heterocycles. The van der Waals surface area contributed by atoms with Crippen molar-refractivity contribution >= 4 is 0 Å². The Bertz CT molecular complexity index is 666. The Labute approximate surface area is 165 Å². The Kier molecular flexibility index (Phi) is 7.83. The van der Waals surface area contributed by atoms with Crippen molar-refractivity contribution in [3.8, 4) is 0 Å². The summed E-state index contributed by atoms with van der Waals surface area (Å²) in [6, 6.07) is 0. The number of aliphatic hydroxyl groups is 1. The molecule has 0 rings (SSSR count). The fourth-order valence-electron chi connectivity index (χ4n) is 1.86. The van der Waals surface area contributed by atoms with Crippen LogP contribution < -0.4 is 0 Å². The molecular weight excluding hydrogens is 511 g/mol. The van der Waals surface area contributed by atoms with Gasteiger partial charge in [0, 0.05) is 6.42 Å². The molecule has 0 amide bonds. The maximum Gasteiger partial charge on any atom is 0.460 e. The molecule has 0 bridgehead atoms. The summed E-state index contributed by atoms with van der Waals surface area (Å²) in [6.45, 7) is 1.31. The summed E-state index contributed by atoms with van der Waals surface area (Å²) in [5.41, 5.74) is 0. The number of ether oxygens (including phenoxy) is 1. The zero-order chi connectivity index (χ0) is 26.4. The standard InChI is InChI=1S/C13H9F17O2/c1-2-32-4-5(31)3-6(14,15)7(16,17)8(18,19)9(20,21)10(22,23)11(24,25)12(26,27)13(28,29)30/h2,5,31H,1,3-4H2. The second-order valence-corrected chi connectivity index (χ2v) is 6.01. The van der Waals surface area contributed by atoms with Gasteiger partial charge in [0.05, 0.1) is 12.4 Å². The summed E-state index contributed by atoms with van der Waals surface area (Å²) < 4.78 is 225. The largest absolute Gasteiger partial charge is 0.499 e. The Morgan fingerprint density at radius 1 is 0.594 bits per heavy atom. The predicted octanol–water partition coefficient (Wildman–Crippen LogP) is 5.91. The van der Waals surface area contributed by atoms with E-state index in [0.29, 0.717) is 6.26 Å². The lowest BCUT2D eigenvalue weighted by Gasteiger charge is -2.43.